The normalized spacial score (nSPS) is 11.1. The van der Waals surface area contributed by atoms with Gasteiger partial charge in [-0.15, -0.1) is 10.2 Å². The molecule has 0 aliphatic heterocycles. The fourth-order valence-electron chi connectivity index (χ4n) is 3.68. The molecule has 194 valence electrons. The van der Waals surface area contributed by atoms with Crippen LogP contribution in [0.2, 0.25) is 0 Å². The van der Waals surface area contributed by atoms with Crippen molar-refractivity contribution >= 4 is 56.2 Å². The maximum Gasteiger partial charge on any atom is 0.307 e. The highest BCUT2D eigenvalue weighted by molar-refractivity contribution is 7.11. The van der Waals surface area contributed by atoms with E-state index in [9.17, 15) is 25.0 Å². The van der Waals surface area contributed by atoms with Crippen molar-refractivity contribution in [3.8, 4) is 0 Å². The minimum Gasteiger partial charge on any atom is -0.466 e. The number of rotatable bonds is 11. The summed E-state index contributed by atoms with van der Waals surface area (Å²) in [6.07, 6.45) is 0.148. The van der Waals surface area contributed by atoms with Gasteiger partial charge in [0.05, 0.1) is 34.1 Å². The molecule has 0 saturated carbocycles. The standard InChI is InChI=1S/C25H22N6O6S/c1-2-37-24(32)12-13-29(16-17-4-3-5-20(14-17)30(33)34)19-8-6-18(7-9-19)26-27-25-22-15-21(31(35)36)10-11-23(22)28-38-25/h3-11,14-15H,2,12-13,16H2,1H3. The first-order valence-corrected chi connectivity index (χ1v) is 12.3. The number of non-ortho nitro benzene ring substituents is 2. The van der Waals surface area contributed by atoms with Gasteiger partial charge in [-0.3, -0.25) is 25.0 Å². The van der Waals surface area contributed by atoms with Gasteiger partial charge in [0.15, 0.2) is 5.00 Å². The molecule has 1 aromatic heterocycles. The molecule has 0 spiro atoms. The van der Waals surface area contributed by atoms with Crippen LogP contribution in [0.3, 0.4) is 0 Å². The molecule has 0 saturated heterocycles. The first-order valence-electron chi connectivity index (χ1n) is 11.5. The first-order chi connectivity index (χ1) is 18.3. The summed E-state index contributed by atoms with van der Waals surface area (Å²) in [4.78, 5) is 35.2. The Kier molecular flexibility index (Phi) is 8.28. The summed E-state index contributed by atoms with van der Waals surface area (Å²) in [7, 11) is 0. The summed E-state index contributed by atoms with van der Waals surface area (Å²) in [5.74, 6) is -0.334. The number of hydrogen-bond donors (Lipinski definition) is 0. The number of carbonyl (C=O) groups excluding carboxylic acids is 1. The maximum atomic E-state index is 12.0. The molecule has 4 aromatic rings. The van der Waals surface area contributed by atoms with E-state index in [-0.39, 0.29) is 30.4 Å². The molecule has 0 radical (unpaired) electrons. The molecule has 1 heterocycles. The average molecular weight is 535 g/mol. The van der Waals surface area contributed by atoms with E-state index in [1.807, 2.05) is 17.0 Å². The number of anilines is 1. The molecule has 13 heteroatoms. The van der Waals surface area contributed by atoms with Gasteiger partial charge in [0.25, 0.3) is 11.4 Å². The van der Waals surface area contributed by atoms with Gasteiger partial charge in [-0.1, -0.05) is 12.1 Å². The third kappa shape index (κ3) is 6.50. The van der Waals surface area contributed by atoms with Gasteiger partial charge in [0.2, 0.25) is 0 Å². The van der Waals surface area contributed by atoms with Crippen LogP contribution in [0.4, 0.5) is 27.8 Å². The third-order valence-electron chi connectivity index (χ3n) is 5.51. The second-order valence-corrected chi connectivity index (χ2v) is 8.82. The van der Waals surface area contributed by atoms with Gasteiger partial charge in [-0.25, -0.2) is 0 Å². The predicted octanol–water partition coefficient (Wildman–Crippen LogP) is 6.49. The molecule has 0 bridgehead atoms. The van der Waals surface area contributed by atoms with Crippen LogP contribution < -0.4 is 4.90 Å². The Hall–Kier alpha value is -4.78. The molecular weight excluding hydrogens is 512 g/mol. The van der Waals surface area contributed by atoms with E-state index in [4.69, 9.17) is 4.74 Å². The number of azo groups is 1. The zero-order valence-electron chi connectivity index (χ0n) is 20.2. The SMILES string of the molecule is CCOC(=O)CCN(Cc1cccc([N+](=O)[O-])c1)c1ccc(N=Nc2snc3ccc([N+](=O)[O-])cc23)cc1. The van der Waals surface area contributed by atoms with E-state index in [0.717, 1.165) is 22.8 Å². The number of carbonyl (C=O) groups is 1. The van der Waals surface area contributed by atoms with E-state index in [2.05, 4.69) is 14.6 Å². The topological polar surface area (TPSA) is 153 Å². The number of nitro groups is 2. The van der Waals surface area contributed by atoms with Gasteiger partial charge in [-0.05, 0) is 54.4 Å². The maximum absolute atomic E-state index is 12.0. The zero-order chi connectivity index (χ0) is 27.1. The van der Waals surface area contributed by atoms with Gasteiger partial charge < -0.3 is 9.64 Å². The number of hydrogen-bond acceptors (Lipinski definition) is 11. The van der Waals surface area contributed by atoms with Crippen molar-refractivity contribution in [1.29, 1.82) is 0 Å². The van der Waals surface area contributed by atoms with Gasteiger partial charge >= 0.3 is 5.97 Å². The Balaban J connectivity index is 1.54. The highest BCUT2D eigenvalue weighted by Gasteiger charge is 2.14. The molecule has 0 aliphatic rings. The number of fused-ring (bicyclic) bond motifs is 1. The quantitative estimate of drug-likeness (QED) is 0.0915. The molecule has 12 nitrogen and oxygen atoms in total. The molecule has 38 heavy (non-hydrogen) atoms. The van der Waals surface area contributed by atoms with Gasteiger partial charge in [-0.2, -0.15) is 4.37 Å². The highest BCUT2D eigenvalue weighted by atomic mass is 32.1. The number of esters is 1. The van der Waals surface area contributed by atoms with Crippen molar-refractivity contribution in [2.24, 2.45) is 10.2 Å². The summed E-state index contributed by atoms with van der Waals surface area (Å²) in [5.41, 5.74) is 2.58. The number of benzene rings is 3. The first kappa shape index (κ1) is 26.3. The average Bonchev–Trinajstić information content (AvgIpc) is 3.32. The predicted molar refractivity (Wildman–Crippen MR) is 142 cm³/mol. The number of aromatic nitrogens is 1. The van der Waals surface area contributed by atoms with Crippen molar-refractivity contribution < 1.29 is 19.4 Å². The monoisotopic (exact) mass is 534 g/mol. The van der Waals surface area contributed by atoms with Crippen LogP contribution in [0, 0.1) is 20.2 Å². The van der Waals surface area contributed by atoms with E-state index in [0.29, 0.717) is 34.7 Å². The summed E-state index contributed by atoms with van der Waals surface area (Å²) in [5, 5.41) is 31.8. The van der Waals surface area contributed by atoms with Crippen LogP contribution in [0.15, 0.2) is 77.0 Å². The number of nitrogens with zero attached hydrogens (tertiary/aromatic N) is 6. The minimum atomic E-state index is -0.474. The Morgan fingerprint density at radius 2 is 1.74 bits per heavy atom. The molecule has 4 rings (SSSR count). The van der Waals surface area contributed by atoms with E-state index < -0.39 is 9.85 Å². The molecular formula is C25H22N6O6S. The summed E-state index contributed by atoms with van der Waals surface area (Å²) in [6, 6.07) is 17.8. The lowest BCUT2D eigenvalue weighted by molar-refractivity contribution is -0.385. The van der Waals surface area contributed by atoms with Crippen LogP contribution in [-0.4, -0.2) is 33.3 Å². The van der Waals surface area contributed by atoms with Crippen LogP contribution in [0.5, 0.6) is 0 Å². The van der Waals surface area contributed by atoms with Gasteiger partial charge in [0, 0.05) is 48.4 Å². The van der Waals surface area contributed by atoms with Crippen LogP contribution in [-0.2, 0) is 16.1 Å². The van der Waals surface area contributed by atoms with Crippen molar-refractivity contribution in [2.45, 2.75) is 19.9 Å². The summed E-state index contributed by atoms with van der Waals surface area (Å²) >= 11 is 1.10. The zero-order valence-corrected chi connectivity index (χ0v) is 21.0. The van der Waals surface area contributed by atoms with Crippen molar-refractivity contribution in [2.75, 3.05) is 18.1 Å². The lowest BCUT2D eigenvalue weighted by atomic mass is 10.1. The fourth-order valence-corrected chi connectivity index (χ4v) is 4.37. The van der Waals surface area contributed by atoms with E-state index in [1.165, 1.54) is 24.3 Å². The Morgan fingerprint density at radius 3 is 2.45 bits per heavy atom. The fraction of sp³-hybridized carbons (Fsp3) is 0.200. The smallest absolute Gasteiger partial charge is 0.307 e. The Labute approximate surface area is 220 Å². The van der Waals surface area contributed by atoms with E-state index >= 15 is 0 Å². The van der Waals surface area contributed by atoms with Crippen LogP contribution >= 0.6 is 11.5 Å². The van der Waals surface area contributed by atoms with Crippen molar-refractivity contribution in [1.82, 2.24) is 4.37 Å². The summed E-state index contributed by atoms with van der Waals surface area (Å²) < 4.78 is 9.29. The van der Waals surface area contributed by atoms with Crippen LogP contribution in [0.25, 0.3) is 10.9 Å². The second kappa shape index (κ2) is 12.0. The Bertz CT molecular complexity index is 1500. The van der Waals surface area contributed by atoms with Crippen LogP contribution in [0.1, 0.15) is 18.9 Å². The van der Waals surface area contributed by atoms with E-state index in [1.54, 1.807) is 37.3 Å². The van der Waals surface area contributed by atoms with Crippen molar-refractivity contribution in [3.63, 3.8) is 0 Å². The molecule has 0 aliphatic carbocycles. The molecule has 0 N–H and O–H groups in total. The second-order valence-electron chi connectivity index (χ2n) is 8.07. The largest absolute Gasteiger partial charge is 0.466 e. The lowest BCUT2D eigenvalue weighted by Gasteiger charge is -2.24. The van der Waals surface area contributed by atoms with Gasteiger partial charge in [0.1, 0.15) is 0 Å². The third-order valence-corrected chi connectivity index (χ3v) is 6.27. The number of ether oxygens (including phenoxy) is 1. The number of nitro benzene ring substituents is 2. The van der Waals surface area contributed by atoms with Crippen molar-refractivity contribution in [3.05, 3.63) is 92.5 Å². The minimum absolute atomic E-state index is 0.00970. The molecule has 0 fully saturated rings. The molecule has 3 aromatic carbocycles. The molecule has 0 amide bonds. The highest BCUT2D eigenvalue weighted by Crippen LogP contribution is 2.34. The molecule has 0 atom stereocenters. The summed E-state index contributed by atoms with van der Waals surface area (Å²) in [6.45, 7) is 2.70. The Morgan fingerprint density at radius 1 is 1.00 bits per heavy atom. The lowest BCUT2D eigenvalue weighted by Crippen LogP contribution is -2.26. The molecule has 0 unspecified atom stereocenters.